The molecule has 0 saturated heterocycles. The Hall–Kier alpha value is -2.91. The average molecular weight is 558 g/mol. The van der Waals surface area contributed by atoms with E-state index in [0.29, 0.717) is 23.3 Å². The molecule has 3 fully saturated rings. The van der Waals surface area contributed by atoms with Gasteiger partial charge in [-0.25, -0.2) is 15.0 Å². The summed E-state index contributed by atoms with van der Waals surface area (Å²) in [4.78, 5) is 43.1. The van der Waals surface area contributed by atoms with Crippen LogP contribution in [0.3, 0.4) is 0 Å². The molecule has 0 spiro atoms. The first-order valence-electron chi connectivity index (χ1n) is 14.8. The van der Waals surface area contributed by atoms with Crippen LogP contribution in [0, 0.1) is 34.5 Å². The molecule has 0 radical (unpaired) electrons. The van der Waals surface area contributed by atoms with Crippen LogP contribution in [0.25, 0.3) is 0 Å². The summed E-state index contributed by atoms with van der Waals surface area (Å²) in [6.07, 6.45) is 7.95. The Labute approximate surface area is 236 Å². The van der Waals surface area contributed by atoms with Gasteiger partial charge in [0.1, 0.15) is 6.10 Å². The van der Waals surface area contributed by atoms with Crippen molar-refractivity contribution in [3.63, 3.8) is 0 Å². The number of hydrogen-bond donors (Lipinski definition) is 1. The summed E-state index contributed by atoms with van der Waals surface area (Å²) in [5.74, 6) is 0.139. The van der Waals surface area contributed by atoms with Crippen LogP contribution in [0.2, 0.25) is 0 Å². The zero-order valence-corrected chi connectivity index (χ0v) is 24.6. The Kier molecular flexibility index (Phi) is 7.50. The molecule has 10 heteroatoms. The van der Waals surface area contributed by atoms with Gasteiger partial charge < -0.3 is 19.0 Å². The van der Waals surface area contributed by atoms with E-state index in [1.54, 1.807) is 13.8 Å². The van der Waals surface area contributed by atoms with E-state index in [2.05, 4.69) is 35.6 Å². The SMILES string of the molecule is CCOC(=O)NN=C(C)C12ON=C(C(=O)OCC)C1CC1C3CC=C4CC(OC(C)=O)CCC4(C)C3CCC12C. The van der Waals surface area contributed by atoms with Crippen molar-refractivity contribution in [2.24, 2.45) is 44.8 Å². The number of nitrogens with one attached hydrogen (secondary N) is 1. The second-order valence-electron chi connectivity index (χ2n) is 12.5. The van der Waals surface area contributed by atoms with E-state index in [0.717, 1.165) is 44.9 Å². The summed E-state index contributed by atoms with van der Waals surface area (Å²) >= 11 is 0. The molecule has 1 heterocycles. The molecule has 0 bridgehead atoms. The fourth-order valence-electron chi connectivity index (χ4n) is 9.15. The monoisotopic (exact) mass is 557 g/mol. The van der Waals surface area contributed by atoms with Gasteiger partial charge in [-0.3, -0.25) is 4.79 Å². The zero-order valence-electron chi connectivity index (χ0n) is 24.6. The number of allylic oxidation sites excluding steroid dienone is 1. The molecule has 40 heavy (non-hydrogen) atoms. The molecule has 1 amide bonds. The Bertz CT molecular complexity index is 1160. The molecule has 10 nitrogen and oxygen atoms in total. The molecule has 4 aliphatic carbocycles. The Morgan fingerprint density at radius 3 is 2.55 bits per heavy atom. The highest BCUT2D eigenvalue weighted by Gasteiger charge is 2.74. The van der Waals surface area contributed by atoms with Crippen molar-refractivity contribution in [2.75, 3.05) is 13.2 Å². The first-order chi connectivity index (χ1) is 19.0. The predicted molar refractivity (Wildman–Crippen MR) is 147 cm³/mol. The van der Waals surface area contributed by atoms with Crippen molar-refractivity contribution in [1.29, 1.82) is 0 Å². The van der Waals surface area contributed by atoms with Gasteiger partial charge in [-0.15, -0.1) is 0 Å². The van der Waals surface area contributed by atoms with Gasteiger partial charge in [0.25, 0.3) is 0 Å². The zero-order chi connectivity index (χ0) is 28.9. The van der Waals surface area contributed by atoms with E-state index in [4.69, 9.17) is 19.0 Å². The molecule has 8 unspecified atom stereocenters. The third-order valence-corrected chi connectivity index (χ3v) is 10.8. The molecule has 0 aromatic heterocycles. The lowest BCUT2D eigenvalue weighted by atomic mass is 9.46. The molecule has 0 aromatic carbocycles. The first-order valence-corrected chi connectivity index (χ1v) is 14.8. The summed E-state index contributed by atoms with van der Waals surface area (Å²) in [5, 5.41) is 8.75. The predicted octanol–water partition coefficient (Wildman–Crippen LogP) is 4.92. The van der Waals surface area contributed by atoms with Crippen molar-refractivity contribution < 1.29 is 33.4 Å². The second kappa shape index (κ2) is 10.5. The minimum Gasteiger partial charge on any atom is -0.462 e. The van der Waals surface area contributed by atoms with Crippen LogP contribution in [0.15, 0.2) is 21.9 Å². The van der Waals surface area contributed by atoms with E-state index >= 15 is 0 Å². The number of fused-ring (bicyclic) bond motifs is 7. The van der Waals surface area contributed by atoms with Crippen LogP contribution in [0.5, 0.6) is 0 Å². The molecular weight excluding hydrogens is 514 g/mol. The Morgan fingerprint density at radius 1 is 1.10 bits per heavy atom. The van der Waals surface area contributed by atoms with Gasteiger partial charge >= 0.3 is 18.0 Å². The lowest BCUT2D eigenvalue weighted by Crippen LogP contribution is -2.59. The average Bonchev–Trinajstić information content (AvgIpc) is 3.41. The van der Waals surface area contributed by atoms with Crippen LogP contribution in [-0.4, -0.2) is 54.4 Å². The second-order valence-corrected chi connectivity index (χ2v) is 12.5. The fourth-order valence-corrected chi connectivity index (χ4v) is 9.15. The molecular formula is C30H43N3O7. The minimum absolute atomic E-state index is 0.0427. The molecule has 5 aliphatic rings. The highest BCUT2D eigenvalue weighted by atomic mass is 16.7. The van der Waals surface area contributed by atoms with Crippen LogP contribution in [-0.2, 0) is 28.6 Å². The van der Waals surface area contributed by atoms with Crippen LogP contribution in [0.1, 0.15) is 86.5 Å². The van der Waals surface area contributed by atoms with Gasteiger partial charge in [0.2, 0.25) is 0 Å². The van der Waals surface area contributed by atoms with Gasteiger partial charge in [-0.2, -0.15) is 5.10 Å². The normalized spacial score (nSPS) is 39.8. The molecule has 8 atom stereocenters. The topological polar surface area (TPSA) is 125 Å². The van der Waals surface area contributed by atoms with E-state index in [9.17, 15) is 14.4 Å². The minimum atomic E-state index is -0.970. The van der Waals surface area contributed by atoms with Crippen molar-refractivity contribution in [1.82, 2.24) is 5.43 Å². The van der Waals surface area contributed by atoms with Crippen molar-refractivity contribution in [2.45, 2.75) is 98.2 Å². The highest BCUT2D eigenvalue weighted by Crippen LogP contribution is 2.70. The van der Waals surface area contributed by atoms with E-state index in [1.165, 1.54) is 12.5 Å². The maximum absolute atomic E-state index is 13.0. The van der Waals surface area contributed by atoms with Gasteiger partial charge in [-0.05, 0) is 82.5 Å². The van der Waals surface area contributed by atoms with Crippen LogP contribution < -0.4 is 5.43 Å². The smallest absolute Gasteiger partial charge is 0.427 e. The lowest BCUT2D eigenvalue weighted by Gasteiger charge is -2.58. The standard InChI is InChI=1S/C30H43N3O7/c1-7-37-26(35)25-24-16-23-21-10-9-19-15-20(39-18(4)34)11-13-28(19,5)22(21)12-14-29(23,6)30(24,40-33-25)17(3)31-32-27(36)38-8-2/h9,20-24H,7-8,10-16H2,1-6H3,(H,32,36). The van der Waals surface area contributed by atoms with Gasteiger partial charge in [-0.1, -0.05) is 30.7 Å². The first kappa shape index (κ1) is 28.6. The molecule has 3 saturated carbocycles. The molecule has 1 N–H and O–H groups in total. The summed E-state index contributed by atoms with van der Waals surface area (Å²) in [7, 11) is 0. The van der Waals surface area contributed by atoms with Gasteiger partial charge in [0, 0.05) is 18.8 Å². The summed E-state index contributed by atoms with van der Waals surface area (Å²) in [6, 6.07) is 0. The number of esters is 2. The lowest BCUT2D eigenvalue weighted by molar-refractivity contribution is -0.149. The number of ether oxygens (including phenoxy) is 3. The van der Waals surface area contributed by atoms with E-state index in [-0.39, 0.29) is 48.0 Å². The highest BCUT2D eigenvalue weighted by molar-refractivity contribution is 6.38. The van der Waals surface area contributed by atoms with Crippen molar-refractivity contribution >= 4 is 29.5 Å². The summed E-state index contributed by atoms with van der Waals surface area (Å²) < 4.78 is 16.0. The number of hydrogen-bond acceptors (Lipinski definition) is 9. The number of rotatable bonds is 6. The number of carbonyl (C=O) groups excluding carboxylic acids is 3. The number of oxime groups is 1. The fraction of sp³-hybridized carbons (Fsp3) is 0.767. The number of hydrazone groups is 1. The molecule has 0 aromatic rings. The number of carbonyl (C=O) groups is 3. The third-order valence-electron chi connectivity index (χ3n) is 10.8. The summed E-state index contributed by atoms with van der Waals surface area (Å²) in [5.41, 5.74) is 3.53. The van der Waals surface area contributed by atoms with Crippen LogP contribution in [0.4, 0.5) is 4.79 Å². The van der Waals surface area contributed by atoms with Gasteiger partial charge in [0.15, 0.2) is 11.3 Å². The quantitative estimate of drug-likeness (QED) is 0.162. The Balaban J connectivity index is 1.49. The summed E-state index contributed by atoms with van der Waals surface area (Å²) in [6.45, 7) is 12.0. The maximum Gasteiger partial charge on any atom is 0.427 e. The van der Waals surface area contributed by atoms with Crippen LogP contribution >= 0.6 is 0 Å². The third kappa shape index (κ3) is 4.24. The van der Waals surface area contributed by atoms with Crippen molar-refractivity contribution in [3.05, 3.63) is 11.6 Å². The molecule has 5 rings (SSSR count). The molecule has 220 valence electrons. The number of nitrogens with zero attached hydrogens (tertiary/aromatic N) is 2. The Morgan fingerprint density at radius 2 is 1.85 bits per heavy atom. The van der Waals surface area contributed by atoms with E-state index < -0.39 is 17.7 Å². The van der Waals surface area contributed by atoms with Crippen molar-refractivity contribution in [3.8, 4) is 0 Å². The maximum atomic E-state index is 13.0. The molecule has 1 aliphatic heterocycles. The van der Waals surface area contributed by atoms with E-state index in [1.807, 2.05) is 6.92 Å². The number of amides is 1. The van der Waals surface area contributed by atoms with Gasteiger partial charge in [0.05, 0.1) is 24.8 Å². The largest absolute Gasteiger partial charge is 0.462 e.